The molecule has 0 bridgehead atoms. The minimum Gasteiger partial charge on any atom is -0.336 e. The third-order valence-electron chi connectivity index (χ3n) is 2.39. The molecular weight excluding hydrogens is 218 g/mol. The normalized spacial score (nSPS) is 10.9. The van der Waals surface area contributed by atoms with Crippen LogP contribution in [0.1, 0.15) is 5.56 Å². The molecule has 0 spiro atoms. The van der Waals surface area contributed by atoms with Gasteiger partial charge in [0.05, 0.1) is 10.5 Å². The quantitative estimate of drug-likeness (QED) is 0.461. The van der Waals surface area contributed by atoms with Crippen molar-refractivity contribution in [2.75, 3.05) is 0 Å². The van der Waals surface area contributed by atoms with E-state index in [1.165, 1.54) is 12.3 Å². The SMILES string of the molecule is Cn1cccc1/N=C/c1ccccc1[N+](=O)[O-]. The van der Waals surface area contributed by atoms with Gasteiger partial charge in [-0.3, -0.25) is 10.1 Å². The first-order chi connectivity index (χ1) is 8.18. The molecule has 1 aromatic heterocycles. The summed E-state index contributed by atoms with van der Waals surface area (Å²) < 4.78 is 1.84. The number of para-hydroxylation sites is 1. The van der Waals surface area contributed by atoms with E-state index in [1.807, 2.05) is 29.9 Å². The molecule has 0 aliphatic heterocycles. The maximum Gasteiger partial charge on any atom is 0.278 e. The summed E-state index contributed by atoms with van der Waals surface area (Å²) in [5, 5.41) is 10.8. The molecule has 5 heteroatoms. The summed E-state index contributed by atoms with van der Waals surface area (Å²) in [7, 11) is 1.87. The second-order valence-electron chi connectivity index (χ2n) is 3.55. The zero-order chi connectivity index (χ0) is 12.3. The van der Waals surface area contributed by atoms with Crippen LogP contribution in [0.3, 0.4) is 0 Å². The topological polar surface area (TPSA) is 60.4 Å². The Balaban J connectivity index is 2.33. The summed E-state index contributed by atoms with van der Waals surface area (Å²) in [6.07, 6.45) is 3.37. The Labute approximate surface area is 98.2 Å². The van der Waals surface area contributed by atoms with Crippen molar-refractivity contribution >= 4 is 17.7 Å². The van der Waals surface area contributed by atoms with Crippen molar-refractivity contribution < 1.29 is 4.92 Å². The van der Waals surface area contributed by atoms with E-state index in [1.54, 1.807) is 18.2 Å². The molecule has 0 amide bonds. The van der Waals surface area contributed by atoms with Crippen LogP contribution in [-0.2, 0) is 7.05 Å². The van der Waals surface area contributed by atoms with E-state index in [9.17, 15) is 10.1 Å². The Morgan fingerprint density at radius 2 is 2.06 bits per heavy atom. The second kappa shape index (κ2) is 4.61. The van der Waals surface area contributed by atoms with Gasteiger partial charge >= 0.3 is 0 Å². The summed E-state index contributed by atoms with van der Waals surface area (Å²) >= 11 is 0. The summed E-state index contributed by atoms with van der Waals surface area (Å²) in [5.74, 6) is 0.753. The summed E-state index contributed by atoms with van der Waals surface area (Å²) in [6.45, 7) is 0. The molecule has 0 unspecified atom stereocenters. The predicted molar refractivity (Wildman–Crippen MR) is 65.8 cm³/mol. The van der Waals surface area contributed by atoms with Crippen molar-refractivity contribution in [1.29, 1.82) is 0 Å². The lowest BCUT2D eigenvalue weighted by atomic mass is 10.2. The highest BCUT2D eigenvalue weighted by Gasteiger charge is 2.09. The number of nitro benzene ring substituents is 1. The van der Waals surface area contributed by atoms with Gasteiger partial charge in [-0.1, -0.05) is 12.1 Å². The van der Waals surface area contributed by atoms with Crippen molar-refractivity contribution in [3.05, 3.63) is 58.3 Å². The highest BCUT2D eigenvalue weighted by molar-refractivity contribution is 5.86. The van der Waals surface area contributed by atoms with Gasteiger partial charge in [0.1, 0.15) is 5.82 Å². The standard InChI is InChI=1S/C12H11N3O2/c1-14-8-4-7-12(14)13-9-10-5-2-3-6-11(10)15(16)17/h2-9H,1H3/b13-9+. The molecule has 0 N–H and O–H groups in total. The summed E-state index contributed by atoms with van der Waals surface area (Å²) in [4.78, 5) is 14.6. The molecule has 2 aromatic rings. The summed E-state index contributed by atoms with van der Waals surface area (Å²) in [6, 6.07) is 10.2. The van der Waals surface area contributed by atoms with Crippen LogP contribution >= 0.6 is 0 Å². The van der Waals surface area contributed by atoms with Gasteiger partial charge in [0.25, 0.3) is 5.69 Å². The largest absolute Gasteiger partial charge is 0.336 e. The van der Waals surface area contributed by atoms with E-state index in [4.69, 9.17) is 0 Å². The monoisotopic (exact) mass is 229 g/mol. The van der Waals surface area contributed by atoms with Crippen LogP contribution in [0.4, 0.5) is 11.5 Å². The predicted octanol–water partition coefficient (Wildman–Crippen LogP) is 2.68. The first-order valence-corrected chi connectivity index (χ1v) is 5.07. The fraction of sp³-hybridized carbons (Fsp3) is 0.0833. The van der Waals surface area contributed by atoms with Gasteiger partial charge < -0.3 is 4.57 Å². The maximum absolute atomic E-state index is 10.8. The van der Waals surface area contributed by atoms with Gasteiger partial charge in [0.15, 0.2) is 0 Å². The van der Waals surface area contributed by atoms with Crippen LogP contribution in [0.5, 0.6) is 0 Å². The maximum atomic E-state index is 10.8. The molecule has 0 aliphatic rings. The number of aromatic nitrogens is 1. The van der Waals surface area contributed by atoms with E-state index >= 15 is 0 Å². The molecule has 0 aliphatic carbocycles. The first kappa shape index (κ1) is 11.1. The Morgan fingerprint density at radius 1 is 1.29 bits per heavy atom. The fourth-order valence-electron chi connectivity index (χ4n) is 1.48. The van der Waals surface area contributed by atoms with Crippen LogP contribution in [-0.4, -0.2) is 15.7 Å². The molecule has 0 atom stereocenters. The number of hydrogen-bond acceptors (Lipinski definition) is 3. The van der Waals surface area contributed by atoms with Gasteiger partial charge in [-0.15, -0.1) is 0 Å². The van der Waals surface area contributed by atoms with Crippen molar-refractivity contribution in [1.82, 2.24) is 4.57 Å². The lowest BCUT2D eigenvalue weighted by molar-refractivity contribution is -0.385. The third kappa shape index (κ3) is 2.39. The van der Waals surface area contributed by atoms with Crippen LogP contribution in [0, 0.1) is 10.1 Å². The fourth-order valence-corrected chi connectivity index (χ4v) is 1.48. The molecule has 1 heterocycles. The molecule has 0 saturated heterocycles. The molecule has 1 aromatic carbocycles. The second-order valence-corrected chi connectivity index (χ2v) is 3.55. The smallest absolute Gasteiger partial charge is 0.278 e. The lowest BCUT2D eigenvalue weighted by Crippen LogP contribution is -1.94. The zero-order valence-corrected chi connectivity index (χ0v) is 9.28. The third-order valence-corrected chi connectivity index (χ3v) is 2.39. The molecule has 2 rings (SSSR count). The molecule has 5 nitrogen and oxygen atoms in total. The average Bonchev–Trinajstić information content (AvgIpc) is 2.72. The Morgan fingerprint density at radius 3 is 2.71 bits per heavy atom. The number of nitro groups is 1. The molecular formula is C12H11N3O2. The van der Waals surface area contributed by atoms with E-state index in [2.05, 4.69) is 4.99 Å². The van der Waals surface area contributed by atoms with E-state index in [0.29, 0.717) is 5.56 Å². The Hall–Kier alpha value is -2.43. The van der Waals surface area contributed by atoms with Gasteiger partial charge in [0.2, 0.25) is 0 Å². The van der Waals surface area contributed by atoms with E-state index < -0.39 is 4.92 Å². The molecule has 0 fully saturated rings. The summed E-state index contributed by atoms with van der Waals surface area (Å²) in [5.41, 5.74) is 0.559. The zero-order valence-electron chi connectivity index (χ0n) is 9.28. The number of aliphatic imine (C=N–C) groups is 1. The van der Waals surface area contributed by atoms with E-state index in [-0.39, 0.29) is 5.69 Å². The van der Waals surface area contributed by atoms with Gasteiger partial charge in [0, 0.05) is 25.5 Å². The van der Waals surface area contributed by atoms with Crippen LogP contribution in [0.25, 0.3) is 0 Å². The van der Waals surface area contributed by atoms with Crippen LogP contribution in [0.15, 0.2) is 47.6 Å². The Kier molecular flexibility index (Phi) is 3.00. The van der Waals surface area contributed by atoms with Crippen LogP contribution in [0.2, 0.25) is 0 Å². The van der Waals surface area contributed by atoms with Crippen molar-refractivity contribution in [2.24, 2.45) is 12.0 Å². The van der Waals surface area contributed by atoms with Crippen molar-refractivity contribution in [3.8, 4) is 0 Å². The van der Waals surface area contributed by atoms with Crippen molar-refractivity contribution in [3.63, 3.8) is 0 Å². The van der Waals surface area contributed by atoms with Gasteiger partial charge in [-0.05, 0) is 18.2 Å². The Bertz CT molecular complexity index is 573. The highest BCUT2D eigenvalue weighted by atomic mass is 16.6. The average molecular weight is 229 g/mol. The molecule has 17 heavy (non-hydrogen) atoms. The number of aryl methyl sites for hydroxylation is 1. The lowest BCUT2D eigenvalue weighted by Gasteiger charge is -1.97. The number of hydrogen-bond donors (Lipinski definition) is 0. The van der Waals surface area contributed by atoms with Gasteiger partial charge in [-0.2, -0.15) is 0 Å². The molecule has 0 saturated carbocycles. The highest BCUT2D eigenvalue weighted by Crippen LogP contribution is 2.17. The minimum absolute atomic E-state index is 0.0606. The number of nitrogens with zero attached hydrogens (tertiary/aromatic N) is 3. The van der Waals surface area contributed by atoms with Gasteiger partial charge in [-0.25, -0.2) is 4.99 Å². The van der Waals surface area contributed by atoms with Crippen molar-refractivity contribution in [2.45, 2.75) is 0 Å². The van der Waals surface area contributed by atoms with E-state index in [0.717, 1.165) is 5.82 Å². The molecule has 86 valence electrons. The number of benzene rings is 1. The number of rotatable bonds is 3. The first-order valence-electron chi connectivity index (χ1n) is 5.07. The minimum atomic E-state index is -0.410. The molecule has 0 radical (unpaired) electrons. The van der Waals surface area contributed by atoms with Crippen LogP contribution < -0.4 is 0 Å².